The Morgan fingerprint density at radius 2 is 1.93 bits per heavy atom. The van der Waals surface area contributed by atoms with Crippen molar-refractivity contribution in [3.8, 4) is 0 Å². The molecule has 2 amide bonds. The van der Waals surface area contributed by atoms with Crippen LogP contribution >= 0.6 is 0 Å². The molecule has 2 heterocycles. The first-order chi connectivity index (χ1) is 14.0. The van der Waals surface area contributed by atoms with Crippen LogP contribution in [0.2, 0.25) is 0 Å². The molecule has 3 aliphatic rings. The van der Waals surface area contributed by atoms with Gasteiger partial charge < -0.3 is 9.64 Å². The molecule has 148 valence electrons. The van der Waals surface area contributed by atoms with Crippen LogP contribution in [0, 0.1) is 6.92 Å². The van der Waals surface area contributed by atoms with Gasteiger partial charge in [-0.1, -0.05) is 42.0 Å². The van der Waals surface area contributed by atoms with Gasteiger partial charge in [-0.2, -0.15) is 0 Å². The van der Waals surface area contributed by atoms with Crippen molar-refractivity contribution >= 4 is 23.5 Å². The molecule has 29 heavy (non-hydrogen) atoms. The summed E-state index contributed by atoms with van der Waals surface area (Å²) in [5.41, 5.74) is 1.55. The second-order valence-corrected chi connectivity index (χ2v) is 8.03. The minimum Gasteiger partial charge on any atom is -0.458 e. The number of fused-ring (bicyclic) bond motifs is 3. The SMILES string of the molecule is Cc1cccc(COC(=O)[C@]23CCC(=O)N2c2ccccc2C(=O)N3C2CC2)c1. The lowest BCUT2D eigenvalue weighted by molar-refractivity contribution is -0.159. The van der Waals surface area contributed by atoms with Gasteiger partial charge in [-0.25, -0.2) is 4.79 Å². The molecule has 0 bridgehead atoms. The van der Waals surface area contributed by atoms with Gasteiger partial charge in [-0.05, 0) is 37.5 Å². The third-order valence-electron chi connectivity index (χ3n) is 5.99. The zero-order valence-electron chi connectivity index (χ0n) is 16.3. The van der Waals surface area contributed by atoms with Gasteiger partial charge in [0, 0.05) is 18.9 Å². The lowest BCUT2D eigenvalue weighted by Crippen LogP contribution is -2.69. The third kappa shape index (κ3) is 2.66. The molecule has 1 saturated heterocycles. The fraction of sp³-hybridized carbons (Fsp3) is 0.348. The van der Waals surface area contributed by atoms with E-state index in [1.165, 1.54) is 4.90 Å². The van der Waals surface area contributed by atoms with Crippen molar-refractivity contribution in [2.45, 2.75) is 50.9 Å². The van der Waals surface area contributed by atoms with Crippen LogP contribution in [0.4, 0.5) is 5.69 Å². The van der Waals surface area contributed by atoms with Crippen LogP contribution in [0.5, 0.6) is 0 Å². The van der Waals surface area contributed by atoms with Crippen LogP contribution in [0.1, 0.15) is 47.2 Å². The molecule has 0 radical (unpaired) electrons. The normalized spacial score (nSPS) is 23.1. The van der Waals surface area contributed by atoms with Crippen molar-refractivity contribution in [2.24, 2.45) is 0 Å². The van der Waals surface area contributed by atoms with E-state index in [1.54, 1.807) is 29.2 Å². The molecule has 2 aromatic rings. The summed E-state index contributed by atoms with van der Waals surface area (Å²) in [4.78, 5) is 42.9. The Bertz CT molecular complexity index is 1030. The number of carbonyl (C=O) groups is 3. The number of para-hydroxylation sites is 1. The third-order valence-corrected chi connectivity index (χ3v) is 5.99. The summed E-state index contributed by atoms with van der Waals surface area (Å²) in [7, 11) is 0. The second kappa shape index (κ2) is 6.44. The van der Waals surface area contributed by atoms with Crippen LogP contribution in [0.25, 0.3) is 0 Å². The highest BCUT2D eigenvalue weighted by Gasteiger charge is 2.64. The molecule has 6 heteroatoms. The quantitative estimate of drug-likeness (QED) is 0.752. The maximum absolute atomic E-state index is 13.5. The first kappa shape index (κ1) is 17.9. The Hall–Kier alpha value is -3.15. The molecule has 6 nitrogen and oxygen atoms in total. The van der Waals surface area contributed by atoms with E-state index < -0.39 is 11.6 Å². The summed E-state index contributed by atoms with van der Waals surface area (Å²) in [6, 6.07) is 14.8. The predicted molar refractivity (Wildman–Crippen MR) is 106 cm³/mol. The molecular weight excluding hydrogens is 368 g/mol. The van der Waals surface area contributed by atoms with Crippen LogP contribution in [0.15, 0.2) is 48.5 Å². The highest BCUT2D eigenvalue weighted by molar-refractivity contribution is 6.15. The van der Waals surface area contributed by atoms with Crippen molar-refractivity contribution in [3.05, 3.63) is 65.2 Å². The van der Waals surface area contributed by atoms with Crippen molar-refractivity contribution < 1.29 is 19.1 Å². The van der Waals surface area contributed by atoms with E-state index in [0.29, 0.717) is 11.3 Å². The van der Waals surface area contributed by atoms with Crippen LogP contribution < -0.4 is 4.90 Å². The summed E-state index contributed by atoms with van der Waals surface area (Å²) in [5.74, 6) is -0.871. The summed E-state index contributed by atoms with van der Waals surface area (Å²) in [6.07, 6.45) is 2.14. The summed E-state index contributed by atoms with van der Waals surface area (Å²) < 4.78 is 5.72. The average molecular weight is 390 g/mol. The molecule has 1 aliphatic carbocycles. The fourth-order valence-electron chi connectivity index (χ4n) is 4.58. The number of benzene rings is 2. The smallest absolute Gasteiger partial charge is 0.354 e. The zero-order chi connectivity index (χ0) is 20.2. The van der Waals surface area contributed by atoms with Crippen molar-refractivity contribution in [3.63, 3.8) is 0 Å². The van der Waals surface area contributed by atoms with Crippen LogP contribution in [0.3, 0.4) is 0 Å². The zero-order valence-corrected chi connectivity index (χ0v) is 16.3. The molecule has 0 spiro atoms. The summed E-state index contributed by atoms with van der Waals surface area (Å²) in [6.45, 7) is 2.09. The van der Waals surface area contributed by atoms with E-state index in [4.69, 9.17) is 4.74 Å². The maximum atomic E-state index is 13.5. The first-order valence-electron chi connectivity index (χ1n) is 10.0. The highest BCUT2D eigenvalue weighted by atomic mass is 16.5. The van der Waals surface area contributed by atoms with Gasteiger partial charge in [-0.15, -0.1) is 0 Å². The Morgan fingerprint density at radius 3 is 2.69 bits per heavy atom. The topological polar surface area (TPSA) is 66.9 Å². The number of rotatable bonds is 4. The maximum Gasteiger partial charge on any atom is 0.354 e. The van der Waals surface area contributed by atoms with Crippen LogP contribution in [-0.2, 0) is 20.9 Å². The van der Waals surface area contributed by atoms with E-state index in [2.05, 4.69) is 0 Å². The number of esters is 1. The molecule has 1 atom stereocenters. The fourth-order valence-corrected chi connectivity index (χ4v) is 4.58. The van der Waals surface area contributed by atoms with E-state index in [9.17, 15) is 14.4 Å². The van der Waals surface area contributed by atoms with Gasteiger partial charge in [0.05, 0.1) is 11.3 Å². The predicted octanol–water partition coefficient (Wildman–Crippen LogP) is 3.18. The Kier molecular flexibility index (Phi) is 3.98. The molecule has 0 N–H and O–H groups in total. The number of carbonyl (C=O) groups excluding carboxylic acids is 3. The van der Waals surface area contributed by atoms with E-state index in [1.807, 2.05) is 31.2 Å². The molecule has 1 saturated carbocycles. The molecule has 0 unspecified atom stereocenters. The Balaban J connectivity index is 1.55. The van der Waals surface area contributed by atoms with Gasteiger partial charge in [0.1, 0.15) is 6.61 Å². The molecule has 0 aromatic heterocycles. The Morgan fingerprint density at radius 1 is 1.14 bits per heavy atom. The standard InChI is InChI=1S/C23H22N2O4/c1-15-5-4-6-16(13-15)14-29-22(28)23-12-11-20(26)25(23)19-8-3-2-7-18(19)21(27)24(23)17-9-10-17/h2-8,13,17H,9-12,14H2,1H3/t23-/m0/s1. The molecule has 2 aliphatic heterocycles. The molecule has 2 fully saturated rings. The molecule has 2 aromatic carbocycles. The number of aryl methyl sites for hydroxylation is 1. The van der Waals surface area contributed by atoms with Crippen molar-refractivity contribution in [1.29, 1.82) is 0 Å². The van der Waals surface area contributed by atoms with E-state index >= 15 is 0 Å². The lowest BCUT2D eigenvalue weighted by Gasteiger charge is -2.48. The number of hydrogen-bond donors (Lipinski definition) is 0. The average Bonchev–Trinajstić information content (AvgIpc) is 3.49. The van der Waals surface area contributed by atoms with Gasteiger partial charge >= 0.3 is 5.97 Å². The molecular formula is C23H22N2O4. The number of amides is 2. The first-order valence-corrected chi connectivity index (χ1v) is 10.0. The van der Waals surface area contributed by atoms with Crippen LogP contribution in [-0.4, -0.2) is 34.4 Å². The minimum absolute atomic E-state index is 0.0317. The number of nitrogens with zero attached hydrogens (tertiary/aromatic N) is 2. The summed E-state index contributed by atoms with van der Waals surface area (Å²) in [5, 5.41) is 0. The summed E-state index contributed by atoms with van der Waals surface area (Å²) >= 11 is 0. The molecule has 5 rings (SSSR count). The Labute approximate surface area is 169 Å². The highest BCUT2D eigenvalue weighted by Crippen LogP contribution is 2.49. The number of anilines is 1. The van der Waals surface area contributed by atoms with Gasteiger partial charge in [0.15, 0.2) is 0 Å². The number of hydrogen-bond acceptors (Lipinski definition) is 4. The minimum atomic E-state index is -1.38. The van der Waals surface area contributed by atoms with E-state index in [0.717, 1.165) is 24.0 Å². The monoisotopic (exact) mass is 390 g/mol. The van der Waals surface area contributed by atoms with Crippen molar-refractivity contribution in [1.82, 2.24) is 4.90 Å². The van der Waals surface area contributed by atoms with E-state index in [-0.39, 0.29) is 37.3 Å². The largest absolute Gasteiger partial charge is 0.458 e. The van der Waals surface area contributed by atoms with Crippen molar-refractivity contribution in [2.75, 3.05) is 4.90 Å². The number of ether oxygens (including phenoxy) is 1. The lowest BCUT2D eigenvalue weighted by atomic mass is 9.96. The second-order valence-electron chi connectivity index (χ2n) is 8.03. The van der Waals surface area contributed by atoms with Gasteiger partial charge in [0.2, 0.25) is 11.6 Å². The van der Waals surface area contributed by atoms with Gasteiger partial charge in [-0.3, -0.25) is 14.5 Å². The van der Waals surface area contributed by atoms with Gasteiger partial charge in [0.25, 0.3) is 5.91 Å².